The summed E-state index contributed by atoms with van der Waals surface area (Å²) in [5, 5.41) is 5.01. The smallest absolute Gasteiger partial charge is 0.248 e. The van der Waals surface area contributed by atoms with Crippen LogP contribution in [0.5, 0.6) is 0 Å². The van der Waals surface area contributed by atoms with E-state index in [1.165, 1.54) is 15.4 Å². The fourth-order valence-corrected chi connectivity index (χ4v) is 7.13. The number of piperidine rings is 2. The molecular formula is C24H30N4O4S. The Kier molecular flexibility index (Phi) is 5.78. The van der Waals surface area contributed by atoms with Crippen LogP contribution in [0.1, 0.15) is 48.7 Å². The summed E-state index contributed by atoms with van der Waals surface area (Å²) in [4.78, 5) is 18.9. The van der Waals surface area contributed by atoms with Gasteiger partial charge in [0.1, 0.15) is 10.6 Å². The lowest BCUT2D eigenvalue weighted by molar-refractivity contribution is -0.137. The zero-order valence-electron chi connectivity index (χ0n) is 19.1. The van der Waals surface area contributed by atoms with E-state index >= 15 is 0 Å². The number of fused-ring (bicyclic) bond motifs is 1. The first-order valence-corrected chi connectivity index (χ1v) is 13.1. The lowest BCUT2D eigenvalue weighted by atomic mass is 9.91. The van der Waals surface area contributed by atoms with Gasteiger partial charge in [-0.3, -0.25) is 4.79 Å². The predicted molar refractivity (Wildman–Crippen MR) is 124 cm³/mol. The van der Waals surface area contributed by atoms with Crippen molar-refractivity contribution in [1.82, 2.24) is 19.3 Å². The third kappa shape index (κ3) is 4.08. The number of benzene rings is 1. The quantitative estimate of drug-likeness (QED) is 0.628. The van der Waals surface area contributed by atoms with Gasteiger partial charge in [-0.2, -0.15) is 4.31 Å². The second kappa shape index (κ2) is 8.61. The first kappa shape index (κ1) is 22.2. The molecule has 2 aromatic heterocycles. The number of aryl methyl sites for hydroxylation is 2. The van der Waals surface area contributed by atoms with E-state index in [0.717, 1.165) is 18.4 Å². The van der Waals surface area contributed by atoms with E-state index < -0.39 is 10.0 Å². The van der Waals surface area contributed by atoms with Crippen molar-refractivity contribution < 1.29 is 17.7 Å². The Morgan fingerprint density at radius 2 is 1.88 bits per heavy atom. The van der Waals surface area contributed by atoms with Gasteiger partial charge in [-0.25, -0.2) is 8.42 Å². The Bertz CT molecular complexity index is 1220. The van der Waals surface area contributed by atoms with Gasteiger partial charge in [0.05, 0.1) is 5.92 Å². The van der Waals surface area contributed by atoms with Crippen molar-refractivity contribution in [3.63, 3.8) is 0 Å². The Labute approximate surface area is 194 Å². The molecule has 2 aliphatic rings. The number of rotatable bonds is 4. The summed E-state index contributed by atoms with van der Waals surface area (Å²) in [7, 11) is -3.73. The van der Waals surface area contributed by atoms with Gasteiger partial charge in [-0.15, -0.1) is 0 Å². The number of nitrogens with one attached hydrogen (secondary N) is 1. The number of aromatic nitrogens is 2. The van der Waals surface area contributed by atoms with Gasteiger partial charge in [-0.1, -0.05) is 23.4 Å². The summed E-state index contributed by atoms with van der Waals surface area (Å²) in [5.74, 6) is 0.464. The van der Waals surface area contributed by atoms with E-state index in [1.54, 1.807) is 13.8 Å². The van der Waals surface area contributed by atoms with Crippen molar-refractivity contribution >= 4 is 26.8 Å². The van der Waals surface area contributed by atoms with Gasteiger partial charge >= 0.3 is 0 Å². The second-order valence-electron chi connectivity index (χ2n) is 9.27. The number of nitrogens with zero attached hydrogens (tertiary/aromatic N) is 3. The molecule has 0 aliphatic carbocycles. The summed E-state index contributed by atoms with van der Waals surface area (Å²) in [6.45, 7) is 5.27. The third-order valence-corrected chi connectivity index (χ3v) is 9.21. The number of carbonyl (C=O) groups excluding carboxylic acids is 1. The predicted octanol–water partition coefficient (Wildman–Crippen LogP) is 3.58. The van der Waals surface area contributed by atoms with Crippen molar-refractivity contribution in [2.75, 3.05) is 26.2 Å². The van der Waals surface area contributed by atoms with Crippen LogP contribution in [0.2, 0.25) is 0 Å². The number of likely N-dealkylation sites (tertiary alicyclic amines) is 1. The zero-order chi connectivity index (χ0) is 23.2. The average molecular weight is 471 g/mol. The Morgan fingerprint density at radius 1 is 1.12 bits per heavy atom. The van der Waals surface area contributed by atoms with E-state index in [2.05, 4.69) is 28.3 Å². The van der Waals surface area contributed by atoms with E-state index in [9.17, 15) is 13.2 Å². The van der Waals surface area contributed by atoms with Crippen LogP contribution in [0.25, 0.3) is 10.9 Å². The van der Waals surface area contributed by atoms with Gasteiger partial charge in [0.15, 0.2) is 5.76 Å². The topological polar surface area (TPSA) is 99.5 Å². The highest BCUT2D eigenvalue weighted by molar-refractivity contribution is 7.89. The highest BCUT2D eigenvalue weighted by atomic mass is 32.2. The first-order valence-electron chi connectivity index (χ1n) is 11.6. The lowest BCUT2D eigenvalue weighted by Gasteiger charge is -2.37. The maximum atomic E-state index is 13.3. The monoisotopic (exact) mass is 470 g/mol. The lowest BCUT2D eigenvalue weighted by Crippen LogP contribution is -2.48. The largest absolute Gasteiger partial charge is 0.360 e. The molecule has 1 unspecified atom stereocenters. The number of amides is 1. The molecule has 4 heterocycles. The molecule has 2 saturated heterocycles. The molecule has 0 bridgehead atoms. The van der Waals surface area contributed by atoms with Gasteiger partial charge in [0, 0.05) is 43.3 Å². The summed E-state index contributed by atoms with van der Waals surface area (Å²) in [5.41, 5.74) is 2.74. The molecule has 2 aliphatic heterocycles. The van der Waals surface area contributed by atoms with Crippen LogP contribution in [0.3, 0.4) is 0 Å². The van der Waals surface area contributed by atoms with Crippen molar-refractivity contribution in [2.45, 2.75) is 50.3 Å². The fourth-order valence-electron chi connectivity index (χ4n) is 5.32. The molecule has 5 rings (SSSR count). The third-order valence-electron chi connectivity index (χ3n) is 7.10. The molecular weight excluding hydrogens is 440 g/mol. The number of H-pyrrole nitrogens is 1. The maximum Gasteiger partial charge on any atom is 0.248 e. The molecule has 1 N–H and O–H groups in total. The molecule has 1 aromatic carbocycles. The van der Waals surface area contributed by atoms with Crippen molar-refractivity contribution in [3.05, 3.63) is 47.5 Å². The molecule has 0 saturated carbocycles. The molecule has 176 valence electrons. The molecule has 2 fully saturated rings. The summed E-state index contributed by atoms with van der Waals surface area (Å²) in [6, 6.07) is 10.5. The Balaban J connectivity index is 1.24. The molecule has 33 heavy (non-hydrogen) atoms. The highest BCUT2D eigenvalue weighted by Crippen LogP contribution is 2.32. The van der Waals surface area contributed by atoms with E-state index in [-0.39, 0.29) is 23.3 Å². The normalized spacial score (nSPS) is 21.0. The number of carbonyl (C=O) groups is 1. The fraction of sp³-hybridized carbons (Fsp3) is 0.500. The van der Waals surface area contributed by atoms with Crippen molar-refractivity contribution in [3.8, 4) is 0 Å². The number of hydrogen-bond acceptors (Lipinski definition) is 5. The standard InChI is InChI=1S/C24H30N4O4S/c1-16-23(17(2)32-26-16)33(30,31)28-11-5-7-20(15-28)24(29)27-12-9-18(10-13-27)22-14-19-6-3-4-8-21(19)25-22/h3-4,6,8,14,18,20,25H,5,7,9-13,15H2,1-2H3. The minimum Gasteiger partial charge on any atom is -0.360 e. The average Bonchev–Trinajstić information content (AvgIpc) is 3.41. The van der Waals surface area contributed by atoms with Crippen LogP contribution in [0.15, 0.2) is 39.8 Å². The molecule has 1 amide bonds. The van der Waals surface area contributed by atoms with Gasteiger partial charge in [0.25, 0.3) is 0 Å². The Hall–Kier alpha value is -2.65. The molecule has 8 nitrogen and oxygen atoms in total. The van der Waals surface area contributed by atoms with Crippen LogP contribution < -0.4 is 0 Å². The van der Waals surface area contributed by atoms with E-state index in [4.69, 9.17) is 4.52 Å². The van der Waals surface area contributed by atoms with Crippen LogP contribution >= 0.6 is 0 Å². The Morgan fingerprint density at radius 3 is 2.58 bits per heavy atom. The minimum absolute atomic E-state index is 0.0729. The van der Waals surface area contributed by atoms with Crippen LogP contribution in [0.4, 0.5) is 0 Å². The molecule has 0 radical (unpaired) electrons. The molecule has 0 spiro atoms. The SMILES string of the molecule is Cc1noc(C)c1S(=O)(=O)N1CCCC(C(=O)N2CCC(c3cc4ccccc4[nH]3)CC2)C1. The van der Waals surface area contributed by atoms with Crippen LogP contribution in [-0.2, 0) is 14.8 Å². The van der Waals surface area contributed by atoms with E-state index in [0.29, 0.717) is 49.8 Å². The summed E-state index contributed by atoms with van der Waals surface area (Å²) < 4.78 is 32.9. The molecule has 3 aromatic rings. The number of sulfonamides is 1. The minimum atomic E-state index is -3.73. The number of para-hydroxylation sites is 1. The van der Waals surface area contributed by atoms with Crippen molar-refractivity contribution in [1.29, 1.82) is 0 Å². The van der Waals surface area contributed by atoms with Crippen LogP contribution in [-0.4, -0.2) is 59.8 Å². The van der Waals surface area contributed by atoms with Crippen LogP contribution in [0, 0.1) is 19.8 Å². The second-order valence-corrected chi connectivity index (χ2v) is 11.1. The van der Waals surface area contributed by atoms with Gasteiger partial charge in [-0.05, 0) is 57.0 Å². The molecule has 1 atom stereocenters. The summed E-state index contributed by atoms with van der Waals surface area (Å²) >= 11 is 0. The zero-order valence-corrected chi connectivity index (χ0v) is 19.9. The maximum absolute atomic E-state index is 13.3. The first-order chi connectivity index (χ1) is 15.8. The van der Waals surface area contributed by atoms with Gasteiger partial charge in [0.2, 0.25) is 15.9 Å². The summed E-state index contributed by atoms with van der Waals surface area (Å²) in [6.07, 6.45) is 3.21. The van der Waals surface area contributed by atoms with E-state index in [1.807, 2.05) is 17.0 Å². The number of aromatic amines is 1. The highest BCUT2D eigenvalue weighted by Gasteiger charge is 2.38. The van der Waals surface area contributed by atoms with Gasteiger partial charge < -0.3 is 14.4 Å². The molecule has 9 heteroatoms. The van der Waals surface area contributed by atoms with Crippen molar-refractivity contribution in [2.24, 2.45) is 5.92 Å². The number of hydrogen-bond donors (Lipinski definition) is 1.